The van der Waals surface area contributed by atoms with E-state index in [1.807, 2.05) is 21.8 Å². The Labute approximate surface area is 186 Å². The molecule has 11 heteroatoms. The number of hydrogen-bond donors (Lipinski definition) is 1. The largest absolute Gasteiger partial charge is 0.312 e. The number of sulfonamides is 1. The molecule has 0 radical (unpaired) electrons. The second-order valence-electron chi connectivity index (χ2n) is 6.32. The Morgan fingerprint density at radius 3 is 2.53 bits per heavy atom. The van der Waals surface area contributed by atoms with Crippen LogP contribution in [0.2, 0.25) is 0 Å². The van der Waals surface area contributed by atoms with Crippen LogP contribution in [0.15, 0.2) is 47.1 Å². The molecule has 0 atom stereocenters. The number of pyridine rings is 1. The van der Waals surface area contributed by atoms with Crippen molar-refractivity contribution in [3.8, 4) is 6.07 Å². The molecule has 0 unspecified atom stereocenters. The Morgan fingerprint density at radius 1 is 1.27 bits per heavy atom. The molecule has 8 nitrogen and oxygen atoms in total. The van der Waals surface area contributed by atoms with Crippen LogP contribution in [-0.2, 0) is 16.6 Å². The van der Waals surface area contributed by atoms with Crippen molar-refractivity contribution in [3.05, 3.63) is 68.9 Å². The number of carbonyl (C=O) groups excluding carboxylic acids is 1. The Hall–Kier alpha value is -2.81. The van der Waals surface area contributed by atoms with Gasteiger partial charge in [-0.3, -0.25) is 9.78 Å². The molecular weight excluding hydrogens is 490 g/mol. The third-order valence-corrected chi connectivity index (χ3v) is 5.95. The maximum atomic E-state index is 12.3. The molecule has 1 aromatic carbocycles. The van der Waals surface area contributed by atoms with E-state index in [1.165, 1.54) is 11.3 Å². The molecule has 0 saturated carbocycles. The lowest BCUT2D eigenvalue weighted by Gasteiger charge is -2.21. The first-order chi connectivity index (χ1) is 14.2. The number of benzene rings is 1. The minimum absolute atomic E-state index is 0.0443. The predicted octanol–water partition coefficient (Wildman–Crippen LogP) is 3.51. The maximum Gasteiger partial charge on any atom is 0.284 e. The van der Waals surface area contributed by atoms with Gasteiger partial charge in [-0.05, 0) is 59.3 Å². The third kappa shape index (κ3) is 5.41. The first-order valence-electron chi connectivity index (χ1n) is 8.54. The van der Waals surface area contributed by atoms with Crippen LogP contribution >= 0.6 is 27.3 Å². The zero-order valence-electron chi connectivity index (χ0n) is 16.0. The zero-order valence-corrected chi connectivity index (χ0v) is 19.2. The summed E-state index contributed by atoms with van der Waals surface area (Å²) in [4.78, 5) is 23.5. The summed E-state index contributed by atoms with van der Waals surface area (Å²) >= 11 is 4.62. The van der Waals surface area contributed by atoms with E-state index in [2.05, 4.69) is 32.0 Å². The van der Waals surface area contributed by atoms with Crippen molar-refractivity contribution in [1.29, 1.82) is 5.26 Å². The summed E-state index contributed by atoms with van der Waals surface area (Å²) in [6, 6.07) is 12.8. The zero-order chi connectivity index (χ0) is 21.9. The molecule has 0 aliphatic carbocycles. The summed E-state index contributed by atoms with van der Waals surface area (Å²) in [5, 5.41) is 9.56. The summed E-state index contributed by atoms with van der Waals surface area (Å²) in [5.74, 6) is -0.779. The fourth-order valence-electron chi connectivity index (χ4n) is 2.57. The van der Waals surface area contributed by atoms with Gasteiger partial charge in [0.05, 0.1) is 30.1 Å². The summed E-state index contributed by atoms with van der Waals surface area (Å²) in [7, 11) is -3.71. The van der Waals surface area contributed by atoms with Crippen molar-refractivity contribution >= 4 is 54.0 Å². The van der Waals surface area contributed by atoms with Gasteiger partial charge < -0.3 is 4.90 Å². The topological polar surface area (TPSA) is 116 Å². The van der Waals surface area contributed by atoms with Crippen LogP contribution in [0.1, 0.15) is 26.6 Å². The number of nitriles is 1. The van der Waals surface area contributed by atoms with E-state index in [1.54, 1.807) is 37.4 Å². The van der Waals surface area contributed by atoms with Gasteiger partial charge in [0.15, 0.2) is 5.13 Å². The lowest BCUT2D eigenvalue weighted by molar-refractivity contribution is 0.0977. The van der Waals surface area contributed by atoms with E-state index < -0.39 is 15.9 Å². The van der Waals surface area contributed by atoms with Crippen molar-refractivity contribution in [2.45, 2.75) is 13.5 Å². The van der Waals surface area contributed by atoms with Crippen molar-refractivity contribution in [1.82, 2.24) is 14.7 Å². The van der Waals surface area contributed by atoms with Gasteiger partial charge >= 0.3 is 0 Å². The van der Waals surface area contributed by atoms with E-state index in [0.717, 1.165) is 22.1 Å². The summed E-state index contributed by atoms with van der Waals surface area (Å²) in [6.07, 6.45) is 2.60. The van der Waals surface area contributed by atoms with Gasteiger partial charge in [0.1, 0.15) is 5.69 Å². The van der Waals surface area contributed by atoms with E-state index in [-0.39, 0.29) is 5.69 Å². The fourth-order valence-corrected chi connectivity index (χ4v) is 4.17. The van der Waals surface area contributed by atoms with Gasteiger partial charge in [-0.2, -0.15) is 5.26 Å². The summed E-state index contributed by atoms with van der Waals surface area (Å²) in [5.41, 5.74) is 2.08. The van der Waals surface area contributed by atoms with Crippen molar-refractivity contribution in [3.63, 3.8) is 0 Å². The van der Waals surface area contributed by atoms with Crippen molar-refractivity contribution in [2.75, 3.05) is 11.2 Å². The molecule has 154 valence electrons. The SMILES string of the molecule is Cc1sc(N(Cc2ccc(Br)cn2)c2ccc(C#N)cc2)nc1C(=O)NS(C)(=O)=O. The average molecular weight is 506 g/mol. The van der Waals surface area contributed by atoms with Crippen LogP contribution in [0.4, 0.5) is 10.8 Å². The molecule has 0 aliphatic heterocycles. The molecule has 1 N–H and O–H groups in total. The summed E-state index contributed by atoms with van der Waals surface area (Å²) in [6.45, 7) is 2.06. The van der Waals surface area contributed by atoms with Gasteiger partial charge in [-0.1, -0.05) is 0 Å². The highest BCUT2D eigenvalue weighted by atomic mass is 79.9. The molecule has 2 heterocycles. The standard InChI is InChI=1S/C19H16BrN5O3S2/c1-12-17(18(26)24-30(2,27)28)23-19(29-12)25(11-15-6-5-14(20)10-22-15)16-7-3-13(9-21)4-8-16/h3-8,10H,11H2,1-2H3,(H,24,26). The third-order valence-electron chi connectivity index (χ3n) is 3.93. The molecular formula is C19H16BrN5O3S2. The Morgan fingerprint density at radius 2 is 1.97 bits per heavy atom. The molecule has 3 aromatic rings. The number of halogens is 1. The van der Waals surface area contributed by atoms with Crippen LogP contribution < -0.4 is 9.62 Å². The highest BCUT2D eigenvalue weighted by molar-refractivity contribution is 9.10. The van der Waals surface area contributed by atoms with Crippen molar-refractivity contribution in [2.24, 2.45) is 0 Å². The molecule has 0 aliphatic rings. The Kier molecular flexibility index (Phi) is 6.50. The molecule has 0 saturated heterocycles. The van der Waals surface area contributed by atoms with Gasteiger partial charge in [0, 0.05) is 21.2 Å². The number of aromatic nitrogens is 2. The second kappa shape index (κ2) is 8.91. The first kappa shape index (κ1) is 21.9. The number of anilines is 2. The quantitative estimate of drug-likeness (QED) is 0.544. The molecule has 0 bridgehead atoms. The number of nitrogens with one attached hydrogen (secondary N) is 1. The molecule has 0 spiro atoms. The number of rotatable bonds is 6. The van der Waals surface area contributed by atoms with Gasteiger partial charge in [0.2, 0.25) is 10.0 Å². The molecule has 1 amide bonds. The van der Waals surface area contributed by atoms with Crippen LogP contribution in [0, 0.1) is 18.3 Å². The van der Waals surface area contributed by atoms with Crippen LogP contribution in [0.5, 0.6) is 0 Å². The van der Waals surface area contributed by atoms with Crippen molar-refractivity contribution < 1.29 is 13.2 Å². The van der Waals surface area contributed by atoms with Crippen LogP contribution in [-0.4, -0.2) is 30.5 Å². The van der Waals surface area contributed by atoms with E-state index in [0.29, 0.717) is 22.1 Å². The lowest BCUT2D eigenvalue weighted by atomic mass is 10.2. The Balaban J connectivity index is 2.01. The number of carbonyl (C=O) groups is 1. The minimum atomic E-state index is -3.71. The first-order valence-corrected chi connectivity index (χ1v) is 12.0. The molecule has 0 fully saturated rings. The van der Waals surface area contributed by atoms with Gasteiger partial charge in [0.25, 0.3) is 5.91 Å². The molecule has 30 heavy (non-hydrogen) atoms. The van der Waals surface area contributed by atoms with E-state index in [4.69, 9.17) is 5.26 Å². The average Bonchev–Trinajstić information content (AvgIpc) is 3.08. The number of nitrogens with zero attached hydrogens (tertiary/aromatic N) is 4. The number of hydrogen-bond acceptors (Lipinski definition) is 8. The highest BCUT2D eigenvalue weighted by Crippen LogP contribution is 2.33. The Bertz CT molecular complexity index is 1220. The second-order valence-corrected chi connectivity index (χ2v) is 10.2. The molecule has 2 aromatic heterocycles. The number of aryl methyl sites for hydroxylation is 1. The monoisotopic (exact) mass is 505 g/mol. The lowest BCUT2D eigenvalue weighted by Crippen LogP contribution is -2.30. The normalized spacial score (nSPS) is 11.0. The van der Waals surface area contributed by atoms with E-state index in [9.17, 15) is 13.2 Å². The maximum absolute atomic E-state index is 12.3. The molecule has 3 rings (SSSR count). The van der Waals surface area contributed by atoms with Gasteiger partial charge in [-0.25, -0.2) is 18.1 Å². The predicted molar refractivity (Wildman–Crippen MR) is 118 cm³/mol. The summed E-state index contributed by atoms with van der Waals surface area (Å²) < 4.78 is 25.6. The minimum Gasteiger partial charge on any atom is -0.312 e. The fraction of sp³-hybridized carbons (Fsp3) is 0.158. The highest BCUT2D eigenvalue weighted by Gasteiger charge is 2.22. The number of thiazole rings is 1. The van der Waals surface area contributed by atoms with E-state index >= 15 is 0 Å². The van der Waals surface area contributed by atoms with Crippen LogP contribution in [0.3, 0.4) is 0 Å². The smallest absolute Gasteiger partial charge is 0.284 e. The number of amides is 1. The van der Waals surface area contributed by atoms with Gasteiger partial charge in [-0.15, -0.1) is 11.3 Å². The van der Waals surface area contributed by atoms with Crippen LogP contribution in [0.25, 0.3) is 0 Å².